The van der Waals surface area contributed by atoms with Crippen LogP contribution in [0, 0.1) is 5.92 Å². The quantitative estimate of drug-likeness (QED) is 0.653. The van der Waals surface area contributed by atoms with Gasteiger partial charge in [0.25, 0.3) is 0 Å². The number of rotatable bonds is 7. The Morgan fingerprint density at radius 3 is 3.00 bits per heavy atom. The van der Waals surface area contributed by atoms with Gasteiger partial charge in [-0.3, -0.25) is 4.79 Å². The van der Waals surface area contributed by atoms with Crippen LogP contribution in [0.4, 0.5) is 0 Å². The summed E-state index contributed by atoms with van der Waals surface area (Å²) in [5, 5.41) is 0. The summed E-state index contributed by atoms with van der Waals surface area (Å²) in [4.78, 5) is 13.9. The molecular formula is C15H27NO2. The summed E-state index contributed by atoms with van der Waals surface area (Å²) in [7, 11) is 0. The van der Waals surface area contributed by atoms with Gasteiger partial charge >= 0.3 is 0 Å². The maximum Gasteiger partial charge on any atom is 0.223 e. The summed E-state index contributed by atoms with van der Waals surface area (Å²) in [6.07, 6.45) is 6.91. The maximum atomic E-state index is 11.9. The lowest BCUT2D eigenvalue weighted by Crippen LogP contribution is -2.45. The van der Waals surface area contributed by atoms with Gasteiger partial charge in [-0.15, -0.1) is 6.58 Å². The van der Waals surface area contributed by atoms with Crippen molar-refractivity contribution < 1.29 is 9.53 Å². The van der Waals surface area contributed by atoms with Gasteiger partial charge in [0.2, 0.25) is 5.91 Å². The molecule has 0 spiro atoms. The Morgan fingerprint density at radius 2 is 2.33 bits per heavy atom. The lowest BCUT2D eigenvalue weighted by Gasteiger charge is -2.33. The number of nitrogens with zero attached hydrogens (tertiary/aromatic N) is 1. The Hall–Kier alpha value is -0.830. The average Bonchev–Trinajstić information content (AvgIpc) is 2.36. The number of amides is 1. The number of carbonyl (C=O) groups is 1. The maximum absolute atomic E-state index is 11.9. The Balaban J connectivity index is 2.27. The molecule has 1 rings (SSSR count). The van der Waals surface area contributed by atoms with Crippen molar-refractivity contribution in [3.05, 3.63) is 12.7 Å². The van der Waals surface area contributed by atoms with Crippen LogP contribution in [0.25, 0.3) is 0 Å². The van der Waals surface area contributed by atoms with E-state index in [0.29, 0.717) is 13.0 Å². The fourth-order valence-corrected chi connectivity index (χ4v) is 2.26. The van der Waals surface area contributed by atoms with E-state index in [9.17, 15) is 4.79 Å². The number of hydrogen-bond donors (Lipinski definition) is 0. The molecule has 0 aliphatic carbocycles. The van der Waals surface area contributed by atoms with Gasteiger partial charge in [0.15, 0.2) is 0 Å². The fraction of sp³-hybridized carbons (Fsp3) is 0.800. The van der Waals surface area contributed by atoms with Crippen LogP contribution < -0.4 is 0 Å². The lowest BCUT2D eigenvalue weighted by molar-refractivity contribution is -0.139. The van der Waals surface area contributed by atoms with E-state index in [4.69, 9.17) is 4.74 Å². The van der Waals surface area contributed by atoms with Gasteiger partial charge in [0.05, 0.1) is 12.7 Å². The highest BCUT2D eigenvalue weighted by molar-refractivity contribution is 5.76. The zero-order valence-corrected chi connectivity index (χ0v) is 11.9. The van der Waals surface area contributed by atoms with E-state index >= 15 is 0 Å². The molecule has 0 radical (unpaired) electrons. The second-order valence-corrected chi connectivity index (χ2v) is 5.48. The van der Waals surface area contributed by atoms with E-state index in [1.165, 1.54) is 12.8 Å². The Morgan fingerprint density at radius 1 is 1.56 bits per heavy atom. The minimum absolute atomic E-state index is 0.241. The molecule has 0 N–H and O–H groups in total. The van der Waals surface area contributed by atoms with Crippen LogP contribution in [-0.4, -0.2) is 36.6 Å². The first kappa shape index (κ1) is 15.2. The summed E-state index contributed by atoms with van der Waals surface area (Å²) < 4.78 is 5.73. The summed E-state index contributed by atoms with van der Waals surface area (Å²) in [6.45, 7) is 10.3. The molecule has 1 amide bonds. The van der Waals surface area contributed by atoms with E-state index in [1.54, 1.807) is 6.08 Å². The monoisotopic (exact) mass is 253 g/mol. The molecule has 0 aromatic heterocycles. The van der Waals surface area contributed by atoms with E-state index in [2.05, 4.69) is 20.4 Å². The summed E-state index contributed by atoms with van der Waals surface area (Å²) in [5.41, 5.74) is 0. The molecule has 0 aromatic carbocycles. The normalized spacial score (nSPS) is 20.2. The van der Waals surface area contributed by atoms with Gasteiger partial charge in [0, 0.05) is 19.5 Å². The van der Waals surface area contributed by atoms with E-state index < -0.39 is 0 Å². The molecule has 1 heterocycles. The first-order valence-corrected chi connectivity index (χ1v) is 7.13. The fourth-order valence-electron chi connectivity index (χ4n) is 2.26. The van der Waals surface area contributed by atoms with Gasteiger partial charge in [-0.05, 0) is 18.8 Å². The zero-order valence-electron chi connectivity index (χ0n) is 11.9. The summed E-state index contributed by atoms with van der Waals surface area (Å²) >= 11 is 0. The molecule has 1 fully saturated rings. The Labute approximate surface area is 111 Å². The second-order valence-electron chi connectivity index (χ2n) is 5.48. The standard InChI is InChI=1S/C15H27NO2/c1-4-5-9-15(17)16-10-11-18-14(12-16)8-6-7-13(2)3/h4,13-14H,1,5-12H2,2-3H3. The largest absolute Gasteiger partial charge is 0.375 e. The average molecular weight is 253 g/mol. The molecular weight excluding hydrogens is 226 g/mol. The number of allylic oxidation sites excluding steroid dienone is 1. The molecule has 1 unspecified atom stereocenters. The number of hydrogen-bond acceptors (Lipinski definition) is 2. The van der Waals surface area contributed by atoms with Gasteiger partial charge < -0.3 is 9.64 Å². The van der Waals surface area contributed by atoms with E-state index in [1.807, 2.05) is 4.90 Å². The highest BCUT2D eigenvalue weighted by atomic mass is 16.5. The minimum Gasteiger partial charge on any atom is -0.375 e. The molecule has 18 heavy (non-hydrogen) atoms. The molecule has 104 valence electrons. The molecule has 0 bridgehead atoms. The lowest BCUT2D eigenvalue weighted by atomic mass is 10.0. The predicted octanol–water partition coefficient (Wildman–Crippen LogP) is 3.01. The van der Waals surface area contributed by atoms with Crippen molar-refractivity contribution in [2.75, 3.05) is 19.7 Å². The van der Waals surface area contributed by atoms with Crippen molar-refractivity contribution in [3.63, 3.8) is 0 Å². The topological polar surface area (TPSA) is 29.5 Å². The minimum atomic E-state index is 0.241. The number of carbonyl (C=O) groups excluding carboxylic acids is 1. The van der Waals surface area contributed by atoms with Gasteiger partial charge in [-0.1, -0.05) is 32.8 Å². The van der Waals surface area contributed by atoms with Gasteiger partial charge in [-0.25, -0.2) is 0 Å². The molecule has 0 saturated carbocycles. The molecule has 1 aliphatic rings. The van der Waals surface area contributed by atoms with E-state index in [0.717, 1.165) is 31.8 Å². The first-order valence-electron chi connectivity index (χ1n) is 7.13. The molecule has 1 aliphatic heterocycles. The van der Waals surface area contributed by atoms with Crippen LogP contribution in [0.2, 0.25) is 0 Å². The third-order valence-corrected chi connectivity index (χ3v) is 3.36. The van der Waals surface area contributed by atoms with Crippen LogP contribution in [0.15, 0.2) is 12.7 Å². The third-order valence-electron chi connectivity index (χ3n) is 3.36. The van der Waals surface area contributed by atoms with Crippen molar-refractivity contribution in [2.24, 2.45) is 5.92 Å². The number of ether oxygens (including phenoxy) is 1. The van der Waals surface area contributed by atoms with Crippen molar-refractivity contribution in [1.29, 1.82) is 0 Å². The SMILES string of the molecule is C=CCCC(=O)N1CCOC(CCCC(C)C)C1. The second kappa shape index (κ2) is 8.30. The zero-order chi connectivity index (χ0) is 13.4. The highest BCUT2D eigenvalue weighted by Crippen LogP contribution is 2.15. The Kier molecular flexibility index (Phi) is 7.02. The summed E-state index contributed by atoms with van der Waals surface area (Å²) in [6, 6.07) is 0. The van der Waals surface area contributed by atoms with Crippen molar-refractivity contribution in [2.45, 2.75) is 52.1 Å². The Bertz CT molecular complexity index is 263. The third kappa shape index (κ3) is 5.67. The van der Waals surface area contributed by atoms with E-state index in [-0.39, 0.29) is 12.0 Å². The van der Waals surface area contributed by atoms with Gasteiger partial charge in [-0.2, -0.15) is 0 Å². The molecule has 3 heteroatoms. The molecule has 3 nitrogen and oxygen atoms in total. The van der Waals surface area contributed by atoms with Crippen LogP contribution in [-0.2, 0) is 9.53 Å². The van der Waals surface area contributed by atoms with Gasteiger partial charge in [0.1, 0.15) is 0 Å². The molecule has 1 atom stereocenters. The van der Waals surface area contributed by atoms with Crippen LogP contribution >= 0.6 is 0 Å². The van der Waals surface area contributed by atoms with Crippen molar-refractivity contribution in [1.82, 2.24) is 4.90 Å². The first-order chi connectivity index (χ1) is 8.63. The summed E-state index contributed by atoms with van der Waals surface area (Å²) in [5.74, 6) is 0.992. The molecule has 1 saturated heterocycles. The predicted molar refractivity (Wildman–Crippen MR) is 74.4 cm³/mol. The highest BCUT2D eigenvalue weighted by Gasteiger charge is 2.23. The van der Waals surface area contributed by atoms with Crippen molar-refractivity contribution in [3.8, 4) is 0 Å². The van der Waals surface area contributed by atoms with Crippen LogP contribution in [0.1, 0.15) is 46.0 Å². The van der Waals surface area contributed by atoms with Crippen LogP contribution in [0.5, 0.6) is 0 Å². The smallest absolute Gasteiger partial charge is 0.223 e. The van der Waals surface area contributed by atoms with Crippen LogP contribution in [0.3, 0.4) is 0 Å². The molecule has 0 aromatic rings. The van der Waals surface area contributed by atoms with Crippen molar-refractivity contribution >= 4 is 5.91 Å². The number of morpholine rings is 1.